The molecule has 5 nitrogen and oxygen atoms in total. The van der Waals surface area contributed by atoms with Gasteiger partial charge in [-0.05, 0) is 35.6 Å². The second kappa shape index (κ2) is 7.25. The molecule has 0 spiro atoms. The number of halogens is 1. The molecule has 0 fully saturated rings. The molecule has 1 atom stereocenters. The van der Waals surface area contributed by atoms with E-state index in [4.69, 9.17) is 21.6 Å². The molecule has 1 unspecified atom stereocenters. The number of carbonyl (C=O) groups excluding carboxylic acids is 1. The first-order chi connectivity index (χ1) is 10.5. The van der Waals surface area contributed by atoms with Gasteiger partial charge in [0.2, 0.25) is 0 Å². The van der Waals surface area contributed by atoms with Crippen molar-refractivity contribution < 1.29 is 9.53 Å². The number of benzene rings is 1. The Morgan fingerprint density at radius 3 is 2.77 bits per heavy atom. The molecule has 0 amide bonds. The van der Waals surface area contributed by atoms with Gasteiger partial charge < -0.3 is 10.1 Å². The molecule has 1 aromatic carbocycles. The number of nitrogens with zero attached hydrogens (tertiary/aromatic N) is 2. The highest BCUT2D eigenvalue weighted by atomic mass is 35.5. The quantitative estimate of drug-likeness (QED) is 0.842. The molecular formula is C15H14ClN3O2S. The third-order valence-corrected chi connectivity index (χ3v) is 4.26. The molecule has 0 bridgehead atoms. The van der Waals surface area contributed by atoms with E-state index in [1.807, 2.05) is 37.3 Å². The van der Waals surface area contributed by atoms with Crippen molar-refractivity contribution in [2.45, 2.75) is 13.3 Å². The monoisotopic (exact) mass is 335 g/mol. The van der Waals surface area contributed by atoms with Gasteiger partial charge in [-0.3, -0.25) is 4.79 Å². The summed E-state index contributed by atoms with van der Waals surface area (Å²) in [6, 6.07) is 9.64. The predicted octanol–water partition coefficient (Wildman–Crippen LogP) is 3.76. The lowest BCUT2D eigenvalue weighted by molar-refractivity contribution is -0.144. The summed E-state index contributed by atoms with van der Waals surface area (Å²) in [5, 5.41) is 13.0. The third kappa shape index (κ3) is 3.75. The minimum Gasteiger partial charge on any atom is -0.469 e. The zero-order valence-electron chi connectivity index (χ0n) is 12.1. The van der Waals surface area contributed by atoms with Crippen LogP contribution in [0.5, 0.6) is 0 Å². The van der Waals surface area contributed by atoms with Gasteiger partial charge >= 0.3 is 5.97 Å². The van der Waals surface area contributed by atoms with Crippen LogP contribution in [0.4, 0.5) is 10.7 Å². The van der Waals surface area contributed by atoms with Crippen molar-refractivity contribution in [2.75, 3.05) is 12.4 Å². The lowest BCUT2D eigenvalue weighted by Crippen LogP contribution is -2.15. The first-order valence-corrected chi connectivity index (χ1v) is 7.69. The molecule has 0 aliphatic rings. The van der Waals surface area contributed by atoms with E-state index >= 15 is 0 Å². The number of hydrogen-bond acceptors (Lipinski definition) is 6. The summed E-state index contributed by atoms with van der Waals surface area (Å²) in [5.41, 5.74) is 2.20. The maximum absolute atomic E-state index is 11.4. The van der Waals surface area contributed by atoms with E-state index in [-0.39, 0.29) is 17.0 Å². The number of carbonyl (C=O) groups is 1. The number of rotatable bonds is 5. The van der Waals surface area contributed by atoms with Crippen molar-refractivity contribution in [1.29, 1.82) is 5.26 Å². The van der Waals surface area contributed by atoms with Crippen LogP contribution in [-0.4, -0.2) is 17.5 Å². The topological polar surface area (TPSA) is 75.0 Å². The Morgan fingerprint density at radius 1 is 1.50 bits per heavy atom. The van der Waals surface area contributed by atoms with E-state index in [1.165, 1.54) is 7.11 Å². The Hall–Kier alpha value is -2.10. The van der Waals surface area contributed by atoms with Crippen LogP contribution in [0.25, 0.3) is 0 Å². The third-order valence-electron chi connectivity index (χ3n) is 3.12. The van der Waals surface area contributed by atoms with Gasteiger partial charge in [0.15, 0.2) is 5.15 Å². The summed E-state index contributed by atoms with van der Waals surface area (Å²) >= 11 is 6.97. The average Bonchev–Trinajstić information content (AvgIpc) is 2.88. The summed E-state index contributed by atoms with van der Waals surface area (Å²) in [4.78, 5) is 11.4. The van der Waals surface area contributed by atoms with Crippen molar-refractivity contribution in [2.24, 2.45) is 5.92 Å². The van der Waals surface area contributed by atoms with Crippen LogP contribution in [0.1, 0.15) is 18.1 Å². The van der Waals surface area contributed by atoms with Gasteiger partial charge in [-0.2, -0.15) is 9.64 Å². The number of methoxy groups -OCH3 is 1. The van der Waals surface area contributed by atoms with Crippen LogP contribution in [0.2, 0.25) is 5.15 Å². The number of nitriles is 1. The van der Waals surface area contributed by atoms with Crippen LogP contribution in [-0.2, 0) is 16.0 Å². The number of esters is 1. The molecule has 2 rings (SSSR count). The fourth-order valence-corrected chi connectivity index (χ4v) is 2.90. The summed E-state index contributed by atoms with van der Waals surface area (Å²) in [6.07, 6.45) is 0.614. The van der Waals surface area contributed by atoms with Gasteiger partial charge in [0, 0.05) is 5.69 Å². The predicted molar refractivity (Wildman–Crippen MR) is 86.4 cm³/mol. The van der Waals surface area contributed by atoms with Crippen molar-refractivity contribution in [3.63, 3.8) is 0 Å². The van der Waals surface area contributed by atoms with E-state index in [9.17, 15) is 4.79 Å². The second-order valence-corrected chi connectivity index (χ2v) is 5.87. The number of nitrogens with one attached hydrogen (secondary N) is 1. The molecule has 0 radical (unpaired) electrons. The first-order valence-electron chi connectivity index (χ1n) is 6.54. The van der Waals surface area contributed by atoms with E-state index in [2.05, 4.69) is 9.69 Å². The summed E-state index contributed by atoms with van der Waals surface area (Å²) in [5.74, 6) is -0.408. The Balaban J connectivity index is 2.06. The number of ether oxygens (including phenoxy) is 1. The summed E-state index contributed by atoms with van der Waals surface area (Å²) < 4.78 is 8.65. The molecular weight excluding hydrogens is 322 g/mol. The van der Waals surface area contributed by atoms with Crippen LogP contribution in [0, 0.1) is 17.2 Å². The first kappa shape index (κ1) is 16.3. The van der Waals surface area contributed by atoms with E-state index < -0.39 is 0 Å². The van der Waals surface area contributed by atoms with E-state index in [1.54, 1.807) is 0 Å². The normalized spacial score (nSPS) is 11.5. The van der Waals surface area contributed by atoms with Gasteiger partial charge in [0.05, 0.1) is 13.0 Å². The minimum atomic E-state index is -0.222. The Kier molecular flexibility index (Phi) is 5.36. The largest absolute Gasteiger partial charge is 0.469 e. The number of hydrogen-bond donors (Lipinski definition) is 1. The van der Waals surface area contributed by atoms with Gasteiger partial charge in [0.1, 0.15) is 16.6 Å². The molecule has 1 N–H and O–H groups in total. The highest BCUT2D eigenvalue weighted by Gasteiger charge is 2.14. The minimum absolute atomic E-state index is 0.186. The molecule has 1 heterocycles. The van der Waals surface area contributed by atoms with Crippen molar-refractivity contribution >= 4 is 39.8 Å². The van der Waals surface area contributed by atoms with Gasteiger partial charge in [-0.15, -0.1) is 0 Å². The summed E-state index contributed by atoms with van der Waals surface area (Å²) in [6.45, 7) is 1.83. The molecule has 1 aromatic heterocycles. The fourth-order valence-electron chi connectivity index (χ4n) is 1.95. The average molecular weight is 336 g/mol. The lowest BCUT2D eigenvalue weighted by Gasteiger charge is -2.10. The fraction of sp³-hybridized carbons (Fsp3) is 0.267. The molecule has 2 aromatic rings. The summed E-state index contributed by atoms with van der Waals surface area (Å²) in [7, 11) is 1.39. The van der Waals surface area contributed by atoms with Crippen molar-refractivity contribution in [3.05, 3.63) is 40.5 Å². The Bertz CT molecular complexity index is 707. The van der Waals surface area contributed by atoms with E-state index in [0.29, 0.717) is 17.0 Å². The van der Waals surface area contributed by atoms with Gasteiger partial charge in [-0.1, -0.05) is 30.7 Å². The second-order valence-electron chi connectivity index (χ2n) is 4.74. The molecule has 114 valence electrons. The van der Waals surface area contributed by atoms with Crippen LogP contribution >= 0.6 is 23.1 Å². The van der Waals surface area contributed by atoms with Crippen LogP contribution in [0.15, 0.2) is 24.3 Å². The molecule has 0 saturated carbocycles. The zero-order valence-corrected chi connectivity index (χ0v) is 13.7. The molecule has 22 heavy (non-hydrogen) atoms. The molecule has 0 aliphatic carbocycles. The zero-order chi connectivity index (χ0) is 16.1. The molecule has 7 heteroatoms. The molecule has 0 aliphatic heterocycles. The maximum Gasteiger partial charge on any atom is 0.308 e. The highest BCUT2D eigenvalue weighted by molar-refractivity contribution is 7.10. The molecule has 0 saturated heterocycles. The maximum atomic E-state index is 11.4. The Morgan fingerprint density at radius 2 is 2.18 bits per heavy atom. The smallest absolute Gasteiger partial charge is 0.308 e. The van der Waals surface area contributed by atoms with Gasteiger partial charge in [-0.25, -0.2) is 0 Å². The number of aromatic nitrogens is 1. The van der Waals surface area contributed by atoms with Crippen LogP contribution < -0.4 is 5.32 Å². The number of anilines is 2. The highest BCUT2D eigenvalue weighted by Crippen LogP contribution is 2.30. The Labute approximate surface area is 137 Å². The van der Waals surface area contributed by atoms with Crippen molar-refractivity contribution in [1.82, 2.24) is 4.37 Å². The SMILES string of the molecule is COC(=O)C(C)Cc1ccc(Nc2snc(Cl)c2C#N)cc1. The lowest BCUT2D eigenvalue weighted by atomic mass is 10.0. The van der Waals surface area contributed by atoms with E-state index in [0.717, 1.165) is 22.8 Å². The van der Waals surface area contributed by atoms with Crippen LogP contribution in [0.3, 0.4) is 0 Å². The van der Waals surface area contributed by atoms with Gasteiger partial charge in [0.25, 0.3) is 0 Å². The standard InChI is InChI=1S/C15H14ClN3O2S/c1-9(15(20)21-2)7-10-3-5-11(6-4-10)18-14-12(8-17)13(16)19-22-14/h3-6,9,18H,7H2,1-2H3. The van der Waals surface area contributed by atoms with Crippen molar-refractivity contribution in [3.8, 4) is 6.07 Å².